The summed E-state index contributed by atoms with van der Waals surface area (Å²) in [6, 6.07) is 11.9. The first-order chi connectivity index (χ1) is 13.4. The van der Waals surface area contributed by atoms with Crippen LogP contribution in [0.15, 0.2) is 47.3 Å². The van der Waals surface area contributed by atoms with E-state index in [1.165, 1.54) is 9.47 Å². The highest BCUT2D eigenvalue weighted by atomic mass is 16.2. The molecule has 1 fully saturated rings. The number of fused-ring (bicyclic) bond motifs is 1. The monoisotopic (exact) mass is 375 g/mol. The molecule has 2 heterocycles. The Bertz CT molecular complexity index is 1180. The number of carbonyl (C=O) groups excluding carboxylic acids is 2. The maximum atomic E-state index is 13.3. The van der Waals surface area contributed by atoms with Gasteiger partial charge in [-0.3, -0.25) is 19.0 Å². The van der Waals surface area contributed by atoms with Crippen LogP contribution in [-0.2, 0) is 9.59 Å². The number of anilines is 1. The zero-order valence-corrected chi connectivity index (χ0v) is 16.1. The molecule has 2 amide bonds. The lowest BCUT2D eigenvalue weighted by atomic mass is 10.0. The fourth-order valence-corrected chi connectivity index (χ4v) is 3.94. The number of piperidine rings is 1. The maximum absolute atomic E-state index is 13.3. The lowest BCUT2D eigenvalue weighted by molar-refractivity contribution is -0.131. The van der Waals surface area contributed by atoms with Crippen molar-refractivity contribution >= 4 is 28.4 Å². The number of aromatic nitrogens is 2. The first kappa shape index (κ1) is 18.1. The van der Waals surface area contributed by atoms with Crippen LogP contribution in [0.4, 0.5) is 5.69 Å². The third-order valence-corrected chi connectivity index (χ3v) is 5.28. The van der Waals surface area contributed by atoms with Crippen molar-refractivity contribution in [1.82, 2.24) is 9.55 Å². The van der Waals surface area contributed by atoms with E-state index in [1.807, 2.05) is 32.0 Å². The number of amides is 2. The molecule has 1 aliphatic heterocycles. The molecule has 142 valence electrons. The fourth-order valence-electron chi connectivity index (χ4n) is 3.94. The van der Waals surface area contributed by atoms with Gasteiger partial charge >= 0.3 is 0 Å². The molecule has 2 aromatic carbocycles. The summed E-state index contributed by atoms with van der Waals surface area (Å²) < 4.78 is 1.44. The van der Waals surface area contributed by atoms with E-state index < -0.39 is 6.04 Å². The number of hydrogen-bond donors (Lipinski definition) is 0. The van der Waals surface area contributed by atoms with Gasteiger partial charge in [-0.15, -0.1) is 0 Å². The second-order valence-electron chi connectivity index (χ2n) is 7.26. The van der Waals surface area contributed by atoms with Crippen molar-refractivity contribution in [2.45, 2.75) is 39.7 Å². The molecule has 0 aliphatic carbocycles. The summed E-state index contributed by atoms with van der Waals surface area (Å²) in [5, 5.41) is 0.468. The minimum atomic E-state index is -0.747. The van der Waals surface area contributed by atoms with Gasteiger partial charge in [-0.25, -0.2) is 9.88 Å². The van der Waals surface area contributed by atoms with Gasteiger partial charge in [-0.2, -0.15) is 0 Å². The van der Waals surface area contributed by atoms with Crippen LogP contribution in [0.3, 0.4) is 0 Å². The molecule has 1 aromatic heterocycles. The summed E-state index contributed by atoms with van der Waals surface area (Å²) in [6.07, 6.45) is 0.488. The van der Waals surface area contributed by atoms with Crippen LogP contribution >= 0.6 is 0 Å². The van der Waals surface area contributed by atoms with Crippen molar-refractivity contribution in [3.05, 3.63) is 69.8 Å². The molecular formula is C22H21N3O3. The Morgan fingerprint density at radius 1 is 1.00 bits per heavy atom. The number of benzene rings is 2. The lowest BCUT2D eigenvalue weighted by Gasteiger charge is -2.33. The van der Waals surface area contributed by atoms with E-state index in [-0.39, 0.29) is 23.8 Å². The predicted molar refractivity (Wildman–Crippen MR) is 107 cm³/mol. The van der Waals surface area contributed by atoms with E-state index >= 15 is 0 Å². The van der Waals surface area contributed by atoms with Crippen LogP contribution in [-0.4, -0.2) is 21.4 Å². The second kappa shape index (κ2) is 6.71. The first-order valence-corrected chi connectivity index (χ1v) is 9.30. The quantitative estimate of drug-likeness (QED) is 0.645. The molecule has 1 atom stereocenters. The first-order valence-electron chi connectivity index (χ1n) is 9.30. The van der Waals surface area contributed by atoms with Gasteiger partial charge in [-0.05, 0) is 51.0 Å². The van der Waals surface area contributed by atoms with E-state index in [2.05, 4.69) is 4.98 Å². The number of carbonyl (C=O) groups is 2. The normalized spacial score (nSPS) is 17.4. The molecule has 1 saturated heterocycles. The zero-order chi connectivity index (χ0) is 20.0. The van der Waals surface area contributed by atoms with Crippen LogP contribution in [0.1, 0.15) is 35.8 Å². The molecule has 6 heteroatoms. The third kappa shape index (κ3) is 2.81. The van der Waals surface area contributed by atoms with E-state index in [4.69, 9.17) is 0 Å². The molecule has 1 unspecified atom stereocenters. The number of aryl methyl sites for hydroxylation is 3. The van der Waals surface area contributed by atoms with Gasteiger partial charge in [0.05, 0.1) is 16.6 Å². The Labute approximate surface area is 162 Å². The van der Waals surface area contributed by atoms with Crippen molar-refractivity contribution < 1.29 is 9.59 Å². The third-order valence-electron chi connectivity index (χ3n) is 5.28. The smallest absolute Gasteiger partial charge is 0.262 e. The Morgan fingerprint density at radius 2 is 1.75 bits per heavy atom. The van der Waals surface area contributed by atoms with Gasteiger partial charge < -0.3 is 0 Å². The summed E-state index contributed by atoms with van der Waals surface area (Å²) in [5.74, 6) is -0.157. The SMILES string of the molecule is Cc1ccc(N2C(=O)CCC(n3c(C)nc4ccccc4c3=O)C2=O)c(C)c1. The van der Waals surface area contributed by atoms with E-state index in [0.717, 1.165) is 11.1 Å². The highest BCUT2D eigenvalue weighted by Gasteiger charge is 2.38. The molecule has 3 aromatic rings. The van der Waals surface area contributed by atoms with Crippen LogP contribution in [0.5, 0.6) is 0 Å². The fraction of sp³-hybridized carbons (Fsp3) is 0.273. The number of nitrogens with zero attached hydrogens (tertiary/aromatic N) is 3. The van der Waals surface area contributed by atoms with Gasteiger partial charge in [0.2, 0.25) is 5.91 Å². The molecule has 6 nitrogen and oxygen atoms in total. The molecule has 4 rings (SSSR count). The van der Waals surface area contributed by atoms with Gasteiger partial charge in [-0.1, -0.05) is 29.8 Å². The molecule has 0 N–H and O–H groups in total. The average Bonchev–Trinajstić information content (AvgIpc) is 2.65. The van der Waals surface area contributed by atoms with Crippen molar-refractivity contribution in [2.75, 3.05) is 4.90 Å². The number of imide groups is 1. The highest BCUT2D eigenvalue weighted by Crippen LogP contribution is 2.31. The maximum Gasteiger partial charge on any atom is 0.262 e. The van der Waals surface area contributed by atoms with Crippen molar-refractivity contribution in [1.29, 1.82) is 0 Å². The van der Waals surface area contributed by atoms with Crippen LogP contribution in [0.2, 0.25) is 0 Å². The Morgan fingerprint density at radius 3 is 2.50 bits per heavy atom. The van der Waals surface area contributed by atoms with Gasteiger partial charge in [0.1, 0.15) is 11.9 Å². The largest absolute Gasteiger partial charge is 0.284 e. The van der Waals surface area contributed by atoms with Crippen molar-refractivity contribution in [3.63, 3.8) is 0 Å². The molecule has 0 spiro atoms. The minimum Gasteiger partial charge on any atom is -0.284 e. The number of rotatable bonds is 2. The molecule has 28 heavy (non-hydrogen) atoms. The minimum absolute atomic E-state index is 0.197. The van der Waals surface area contributed by atoms with E-state index in [0.29, 0.717) is 28.8 Å². The van der Waals surface area contributed by atoms with Crippen molar-refractivity contribution in [3.8, 4) is 0 Å². The molecule has 0 saturated carbocycles. The Balaban J connectivity index is 1.84. The topological polar surface area (TPSA) is 72.3 Å². The van der Waals surface area contributed by atoms with Gasteiger partial charge in [0.25, 0.3) is 11.5 Å². The number of hydrogen-bond acceptors (Lipinski definition) is 4. The second-order valence-corrected chi connectivity index (χ2v) is 7.26. The summed E-state index contributed by atoms with van der Waals surface area (Å²) >= 11 is 0. The number of para-hydroxylation sites is 1. The molecule has 0 radical (unpaired) electrons. The van der Waals surface area contributed by atoms with Crippen LogP contribution < -0.4 is 10.5 Å². The Kier molecular flexibility index (Phi) is 4.34. The summed E-state index contributed by atoms with van der Waals surface area (Å²) in [4.78, 5) is 44.8. The van der Waals surface area contributed by atoms with Gasteiger partial charge in [0.15, 0.2) is 0 Å². The van der Waals surface area contributed by atoms with E-state index in [1.54, 1.807) is 31.2 Å². The summed E-state index contributed by atoms with van der Waals surface area (Å²) in [6.45, 7) is 5.56. The predicted octanol–water partition coefficient (Wildman–Crippen LogP) is 3.22. The molecule has 1 aliphatic rings. The van der Waals surface area contributed by atoms with Gasteiger partial charge in [0, 0.05) is 6.42 Å². The zero-order valence-electron chi connectivity index (χ0n) is 16.1. The summed E-state index contributed by atoms with van der Waals surface area (Å²) in [5.41, 5.74) is 2.83. The molecule has 0 bridgehead atoms. The Hall–Kier alpha value is -3.28. The van der Waals surface area contributed by atoms with Crippen LogP contribution in [0.25, 0.3) is 10.9 Å². The lowest BCUT2D eigenvalue weighted by Crippen LogP contribution is -2.48. The van der Waals surface area contributed by atoms with Crippen LogP contribution in [0, 0.1) is 20.8 Å². The molecular weight excluding hydrogens is 354 g/mol. The standard InChI is InChI=1S/C22H21N3O3/c1-13-8-9-18(14(2)12-13)25-20(26)11-10-19(22(25)28)24-15(3)23-17-7-5-4-6-16(17)21(24)27/h4-9,12,19H,10-11H2,1-3H3. The van der Waals surface area contributed by atoms with E-state index in [9.17, 15) is 14.4 Å². The van der Waals surface area contributed by atoms with Crippen molar-refractivity contribution in [2.24, 2.45) is 0 Å². The average molecular weight is 375 g/mol. The summed E-state index contributed by atoms with van der Waals surface area (Å²) in [7, 11) is 0. The highest BCUT2D eigenvalue weighted by molar-refractivity contribution is 6.18.